The van der Waals surface area contributed by atoms with E-state index in [1.165, 1.54) is 24.3 Å². The quantitative estimate of drug-likeness (QED) is 0.695. The molecule has 0 aromatic heterocycles. The smallest absolute Gasteiger partial charge is 0.242 e. The van der Waals surface area contributed by atoms with E-state index in [9.17, 15) is 17.6 Å². The fourth-order valence-corrected chi connectivity index (χ4v) is 4.43. The molecule has 1 atom stereocenters. The lowest BCUT2D eigenvalue weighted by molar-refractivity contribution is -0.119. The number of benzene rings is 2. The van der Waals surface area contributed by atoms with Crippen molar-refractivity contribution < 1.29 is 17.6 Å². The number of carbonyl (C=O) groups is 1. The number of rotatable bonds is 5. The van der Waals surface area contributed by atoms with Gasteiger partial charge in [0.15, 0.2) is 0 Å². The van der Waals surface area contributed by atoms with E-state index in [1.807, 2.05) is 25.1 Å². The lowest BCUT2D eigenvalue weighted by Crippen LogP contribution is -2.44. The number of nitrogens with zero attached hydrogens (tertiary/aromatic N) is 2. The van der Waals surface area contributed by atoms with Crippen LogP contribution in [0.15, 0.2) is 46.9 Å². The van der Waals surface area contributed by atoms with Gasteiger partial charge in [-0.25, -0.2) is 12.8 Å². The molecule has 27 heavy (non-hydrogen) atoms. The molecule has 5 nitrogen and oxygen atoms in total. The van der Waals surface area contributed by atoms with Gasteiger partial charge in [0, 0.05) is 22.7 Å². The van der Waals surface area contributed by atoms with Crippen molar-refractivity contribution in [2.45, 2.75) is 25.9 Å². The van der Waals surface area contributed by atoms with Crippen molar-refractivity contribution in [3.05, 3.63) is 63.9 Å². The molecule has 1 heterocycles. The second kappa shape index (κ2) is 7.69. The summed E-state index contributed by atoms with van der Waals surface area (Å²) in [5.41, 5.74) is 2.48. The first kappa shape index (κ1) is 20.0. The van der Waals surface area contributed by atoms with E-state index in [0.29, 0.717) is 5.56 Å². The number of amides is 1. The van der Waals surface area contributed by atoms with Gasteiger partial charge in [-0.3, -0.25) is 4.79 Å². The molecule has 0 spiro atoms. The molecule has 2 aromatic carbocycles. The Morgan fingerprint density at radius 2 is 1.93 bits per heavy atom. The lowest BCUT2D eigenvalue weighted by atomic mass is 10.1. The average molecular weight is 455 g/mol. The summed E-state index contributed by atoms with van der Waals surface area (Å²) in [5.74, 6) is -0.675. The second-order valence-corrected chi connectivity index (χ2v) is 9.65. The fourth-order valence-electron chi connectivity index (χ4n) is 3.29. The minimum Gasteiger partial charge on any atom is -0.308 e. The topological polar surface area (TPSA) is 57.7 Å². The molecule has 8 heteroatoms. The number of hydrogen-bond donors (Lipinski definition) is 0. The zero-order valence-electron chi connectivity index (χ0n) is 15.0. The van der Waals surface area contributed by atoms with Crippen LogP contribution in [0, 0.1) is 5.82 Å². The highest BCUT2D eigenvalue weighted by molar-refractivity contribution is 9.10. The molecule has 1 amide bonds. The molecule has 0 saturated carbocycles. The van der Waals surface area contributed by atoms with E-state index in [1.54, 1.807) is 4.90 Å². The second-order valence-electron chi connectivity index (χ2n) is 6.75. The highest BCUT2D eigenvalue weighted by atomic mass is 79.9. The summed E-state index contributed by atoms with van der Waals surface area (Å²) in [6.45, 7) is 1.69. The molecule has 0 fully saturated rings. The maximum absolute atomic E-state index is 13.1. The normalized spacial score (nSPS) is 16.6. The fraction of sp³-hybridized carbons (Fsp3) is 0.316. The molecule has 1 aliphatic rings. The van der Waals surface area contributed by atoms with Crippen LogP contribution in [-0.4, -0.2) is 37.5 Å². The summed E-state index contributed by atoms with van der Waals surface area (Å²) in [4.78, 5) is 14.6. The van der Waals surface area contributed by atoms with Crippen LogP contribution < -0.4 is 4.90 Å². The van der Waals surface area contributed by atoms with E-state index >= 15 is 0 Å². The van der Waals surface area contributed by atoms with Crippen LogP contribution in [0.25, 0.3) is 0 Å². The van der Waals surface area contributed by atoms with E-state index < -0.39 is 15.8 Å². The van der Waals surface area contributed by atoms with Crippen LogP contribution in [-0.2, 0) is 27.8 Å². The molecule has 2 aromatic rings. The predicted octanol–water partition coefficient (Wildman–Crippen LogP) is 3.33. The van der Waals surface area contributed by atoms with Gasteiger partial charge in [-0.05, 0) is 54.8 Å². The van der Waals surface area contributed by atoms with Gasteiger partial charge in [0.05, 0.1) is 12.8 Å². The van der Waals surface area contributed by atoms with Gasteiger partial charge in [0.25, 0.3) is 0 Å². The molecule has 144 valence electrons. The first-order valence-corrected chi connectivity index (χ1v) is 11.1. The van der Waals surface area contributed by atoms with E-state index in [0.717, 1.165) is 32.7 Å². The van der Waals surface area contributed by atoms with Gasteiger partial charge in [-0.15, -0.1) is 0 Å². The van der Waals surface area contributed by atoms with Crippen molar-refractivity contribution in [3.8, 4) is 0 Å². The molecule has 0 radical (unpaired) electrons. The summed E-state index contributed by atoms with van der Waals surface area (Å²) in [6.07, 6.45) is 1.79. The molecular formula is C19H20BrFN2O3S. The molecule has 0 bridgehead atoms. The molecule has 0 aliphatic carbocycles. The largest absolute Gasteiger partial charge is 0.308 e. The Morgan fingerprint density at radius 1 is 1.26 bits per heavy atom. The molecule has 0 unspecified atom stereocenters. The number of fused-ring (bicyclic) bond motifs is 1. The average Bonchev–Trinajstić information content (AvgIpc) is 2.90. The van der Waals surface area contributed by atoms with Crippen LogP contribution >= 0.6 is 15.9 Å². The molecule has 0 saturated heterocycles. The summed E-state index contributed by atoms with van der Waals surface area (Å²) < 4.78 is 39.5. The zero-order valence-corrected chi connectivity index (χ0v) is 17.4. The summed E-state index contributed by atoms with van der Waals surface area (Å²) in [7, 11) is -3.61. The first-order valence-electron chi connectivity index (χ1n) is 8.45. The number of anilines is 1. The van der Waals surface area contributed by atoms with Gasteiger partial charge in [-0.2, -0.15) is 4.31 Å². The Labute approximate surface area is 167 Å². The van der Waals surface area contributed by atoms with Crippen molar-refractivity contribution in [1.29, 1.82) is 0 Å². The van der Waals surface area contributed by atoms with Gasteiger partial charge >= 0.3 is 0 Å². The maximum Gasteiger partial charge on any atom is 0.242 e. The monoisotopic (exact) mass is 454 g/mol. The predicted molar refractivity (Wildman–Crippen MR) is 106 cm³/mol. The van der Waals surface area contributed by atoms with Crippen molar-refractivity contribution in [1.82, 2.24) is 4.31 Å². The highest BCUT2D eigenvalue weighted by Gasteiger charge is 2.33. The minimum atomic E-state index is -3.61. The Kier molecular flexibility index (Phi) is 5.69. The van der Waals surface area contributed by atoms with Crippen LogP contribution in [0.4, 0.5) is 10.1 Å². The third-order valence-corrected chi connectivity index (χ3v) is 6.27. The maximum atomic E-state index is 13.1. The van der Waals surface area contributed by atoms with E-state index in [2.05, 4.69) is 15.9 Å². The standard InChI is InChI=1S/C19H20BrFN2O3S/c1-13-9-15-10-16(20)5-8-18(15)23(13)19(24)12-22(27(2,25)26)11-14-3-6-17(21)7-4-14/h3-8,10,13H,9,11-12H2,1-2H3/t13-/m1/s1. The SMILES string of the molecule is C[C@@H]1Cc2cc(Br)ccc2N1C(=O)CN(Cc1ccc(F)cc1)S(C)(=O)=O. The Hall–Kier alpha value is -1.77. The van der Waals surface area contributed by atoms with Crippen LogP contribution in [0.1, 0.15) is 18.1 Å². The van der Waals surface area contributed by atoms with Gasteiger partial charge in [0.1, 0.15) is 5.82 Å². The Balaban J connectivity index is 1.82. The number of halogens is 2. The summed E-state index contributed by atoms with van der Waals surface area (Å²) in [6, 6.07) is 11.2. The van der Waals surface area contributed by atoms with Crippen LogP contribution in [0.5, 0.6) is 0 Å². The van der Waals surface area contributed by atoms with Crippen molar-refractivity contribution in [3.63, 3.8) is 0 Å². The van der Waals surface area contributed by atoms with Crippen molar-refractivity contribution >= 4 is 37.5 Å². The number of carbonyl (C=O) groups excluding carboxylic acids is 1. The number of hydrogen-bond acceptors (Lipinski definition) is 3. The summed E-state index contributed by atoms with van der Waals surface area (Å²) >= 11 is 3.43. The molecule has 0 N–H and O–H groups in total. The third-order valence-electron chi connectivity index (χ3n) is 4.58. The van der Waals surface area contributed by atoms with Gasteiger partial charge in [-0.1, -0.05) is 28.1 Å². The van der Waals surface area contributed by atoms with Crippen LogP contribution in [0.3, 0.4) is 0 Å². The Bertz CT molecular complexity index is 963. The molecule has 1 aliphatic heterocycles. The zero-order chi connectivity index (χ0) is 19.8. The van der Waals surface area contributed by atoms with Crippen molar-refractivity contribution in [2.24, 2.45) is 0 Å². The molecular weight excluding hydrogens is 435 g/mol. The summed E-state index contributed by atoms with van der Waals surface area (Å²) in [5, 5.41) is 0. The lowest BCUT2D eigenvalue weighted by Gasteiger charge is -2.26. The highest BCUT2D eigenvalue weighted by Crippen LogP contribution is 2.34. The van der Waals surface area contributed by atoms with Gasteiger partial charge in [0.2, 0.25) is 15.9 Å². The Morgan fingerprint density at radius 3 is 2.56 bits per heavy atom. The van der Waals surface area contributed by atoms with E-state index in [4.69, 9.17) is 0 Å². The van der Waals surface area contributed by atoms with Gasteiger partial charge < -0.3 is 4.90 Å². The first-order chi connectivity index (χ1) is 12.6. The number of sulfonamides is 1. The third kappa shape index (κ3) is 4.56. The minimum absolute atomic E-state index is 0.0142. The molecule has 3 rings (SSSR count). The van der Waals surface area contributed by atoms with Crippen molar-refractivity contribution in [2.75, 3.05) is 17.7 Å². The van der Waals surface area contributed by atoms with E-state index in [-0.39, 0.29) is 25.0 Å². The van der Waals surface area contributed by atoms with Crippen LogP contribution in [0.2, 0.25) is 0 Å².